The lowest BCUT2D eigenvalue weighted by Crippen LogP contribution is -2.68. The summed E-state index contributed by atoms with van der Waals surface area (Å²) in [6.45, 7) is 12.1. The molecular formula is C28H31ClN2O3Si. The summed E-state index contributed by atoms with van der Waals surface area (Å²) in [5.74, 6) is 0.646. The van der Waals surface area contributed by atoms with Gasteiger partial charge in [0.1, 0.15) is 11.4 Å². The molecule has 0 amide bonds. The molecule has 0 aliphatic heterocycles. The average Bonchev–Trinajstić information content (AvgIpc) is 3.13. The van der Waals surface area contributed by atoms with Crippen molar-refractivity contribution in [2.75, 3.05) is 0 Å². The molecule has 0 saturated heterocycles. The van der Waals surface area contributed by atoms with Crippen LogP contribution in [0.2, 0.25) is 10.2 Å². The second kappa shape index (κ2) is 9.17. The van der Waals surface area contributed by atoms with Crippen LogP contribution in [0.3, 0.4) is 0 Å². The van der Waals surface area contributed by atoms with Crippen LogP contribution >= 0.6 is 11.6 Å². The highest BCUT2D eigenvalue weighted by atomic mass is 35.5. The topological polar surface area (TPSA) is 53.4 Å². The molecule has 0 spiro atoms. The highest BCUT2D eigenvalue weighted by Crippen LogP contribution is 2.38. The van der Waals surface area contributed by atoms with E-state index >= 15 is 0 Å². The number of nitrogens with zero attached hydrogens (tertiary/aromatic N) is 2. The lowest BCUT2D eigenvalue weighted by atomic mass is 10.2. The van der Waals surface area contributed by atoms with Crippen molar-refractivity contribution in [2.24, 2.45) is 0 Å². The Balaban J connectivity index is 1.89. The molecule has 1 heterocycles. The summed E-state index contributed by atoms with van der Waals surface area (Å²) in [6, 6.07) is 26.4. The van der Waals surface area contributed by atoms with Crippen molar-refractivity contribution in [3.63, 3.8) is 0 Å². The quantitative estimate of drug-likeness (QED) is 0.300. The summed E-state index contributed by atoms with van der Waals surface area (Å²) in [5, 5.41) is 7.27. The summed E-state index contributed by atoms with van der Waals surface area (Å²) in [7, 11) is -2.83. The van der Waals surface area contributed by atoms with Crippen LogP contribution in [0.1, 0.15) is 41.5 Å². The Kier molecular flexibility index (Phi) is 6.55. The van der Waals surface area contributed by atoms with Crippen molar-refractivity contribution in [1.82, 2.24) is 9.78 Å². The molecule has 4 aromatic rings. The van der Waals surface area contributed by atoms with Gasteiger partial charge in [0.2, 0.25) is 0 Å². The van der Waals surface area contributed by atoms with Gasteiger partial charge in [-0.15, -0.1) is 5.10 Å². The molecule has 3 aromatic carbocycles. The smallest absolute Gasteiger partial charge is 0.435 e. The molecule has 0 bridgehead atoms. The van der Waals surface area contributed by atoms with Gasteiger partial charge in [0.25, 0.3) is 0 Å². The minimum Gasteiger partial charge on any atom is -0.534 e. The van der Waals surface area contributed by atoms with E-state index in [1.165, 1.54) is 4.68 Å². The number of fused-ring (bicyclic) bond motifs is 1. The van der Waals surface area contributed by atoms with Crippen LogP contribution in [0.25, 0.3) is 10.9 Å². The van der Waals surface area contributed by atoms with Crippen molar-refractivity contribution in [3.8, 4) is 5.75 Å². The minimum absolute atomic E-state index is 0.201. The maximum atomic E-state index is 12.9. The molecule has 0 aliphatic rings. The molecule has 0 saturated carbocycles. The van der Waals surface area contributed by atoms with Gasteiger partial charge in [-0.25, -0.2) is 4.79 Å². The summed E-state index contributed by atoms with van der Waals surface area (Å²) >= 11 is 6.37. The fourth-order valence-corrected chi connectivity index (χ4v) is 9.04. The van der Waals surface area contributed by atoms with Gasteiger partial charge in [-0.05, 0) is 48.3 Å². The molecule has 7 heteroatoms. The minimum atomic E-state index is -2.83. The lowest BCUT2D eigenvalue weighted by molar-refractivity contribution is 0.0523. The summed E-state index contributed by atoms with van der Waals surface area (Å²) in [4.78, 5) is 12.9. The Morgan fingerprint density at radius 2 is 1.40 bits per heavy atom. The van der Waals surface area contributed by atoms with Gasteiger partial charge in [0.05, 0.1) is 5.52 Å². The van der Waals surface area contributed by atoms with Gasteiger partial charge in [0.15, 0.2) is 5.15 Å². The Bertz CT molecular complexity index is 1300. The third-order valence-electron chi connectivity index (χ3n) is 5.86. The van der Waals surface area contributed by atoms with E-state index < -0.39 is 20.0 Å². The zero-order valence-electron chi connectivity index (χ0n) is 21.0. The number of hydrogen-bond acceptors (Lipinski definition) is 4. The first-order chi connectivity index (χ1) is 16.4. The second-order valence-corrected chi connectivity index (χ2v) is 15.2. The van der Waals surface area contributed by atoms with E-state index in [9.17, 15) is 4.79 Å². The molecule has 0 N–H and O–H groups in total. The molecule has 5 nitrogen and oxygen atoms in total. The second-order valence-electron chi connectivity index (χ2n) is 10.6. The number of hydrogen-bond donors (Lipinski definition) is 0. The molecule has 0 aliphatic carbocycles. The van der Waals surface area contributed by atoms with Crippen molar-refractivity contribution in [1.29, 1.82) is 0 Å². The number of benzene rings is 3. The summed E-state index contributed by atoms with van der Waals surface area (Å²) in [5.41, 5.74) is -0.120. The molecule has 1 aromatic heterocycles. The molecule has 182 valence electrons. The van der Waals surface area contributed by atoms with Crippen molar-refractivity contribution >= 4 is 47.3 Å². The van der Waals surface area contributed by atoms with Crippen LogP contribution in [0.5, 0.6) is 5.75 Å². The van der Waals surface area contributed by atoms with E-state index in [1.807, 2.05) is 51.1 Å². The first-order valence-corrected chi connectivity index (χ1v) is 13.9. The van der Waals surface area contributed by atoms with E-state index in [0.717, 1.165) is 10.4 Å². The van der Waals surface area contributed by atoms with Gasteiger partial charge in [-0.2, -0.15) is 4.68 Å². The predicted octanol–water partition coefficient (Wildman–Crippen LogP) is 6.41. The number of aromatic nitrogens is 2. The van der Waals surface area contributed by atoms with Crippen molar-refractivity contribution in [3.05, 3.63) is 84.0 Å². The normalized spacial score (nSPS) is 12.5. The zero-order chi connectivity index (χ0) is 25.4. The fraction of sp³-hybridized carbons (Fsp3) is 0.286. The largest absolute Gasteiger partial charge is 0.534 e. The Morgan fingerprint density at radius 1 is 0.857 bits per heavy atom. The Hall–Kier alpha value is -3.09. The van der Waals surface area contributed by atoms with Gasteiger partial charge >= 0.3 is 14.4 Å². The molecule has 0 atom stereocenters. The number of halogens is 1. The van der Waals surface area contributed by atoms with E-state index in [2.05, 4.69) is 74.4 Å². The maximum absolute atomic E-state index is 12.9. The van der Waals surface area contributed by atoms with Crippen molar-refractivity contribution < 1.29 is 14.0 Å². The van der Waals surface area contributed by atoms with Crippen LogP contribution in [-0.2, 0) is 4.74 Å². The predicted molar refractivity (Wildman–Crippen MR) is 145 cm³/mol. The van der Waals surface area contributed by atoms with Gasteiger partial charge in [-0.3, -0.25) is 0 Å². The number of carbonyl (C=O) groups excluding carboxylic acids is 1. The molecule has 4 rings (SSSR count). The third-order valence-corrected chi connectivity index (χ3v) is 11.1. The van der Waals surface area contributed by atoms with E-state index in [-0.39, 0.29) is 10.2 Å². The van der Waals surface area contributed by atoms with Crippen LogP contribution in [-0.4, -0.2) is 29.8 Å². The summed E-state index contributed by atoms with van der Waals surface area (Å²) in [6.07, 6.45) is -0.586. The highest BCUT2D eigenvalue weighted by Gasteiger charge is 2.52. The number of ether oxygens (including phenoxy) is 1. The molecular weight excluding hydrogens is 476 g/mol. The van der Waals surface area contributed by atoms with Crippen LogP contribution < -0.4 is 14.8 Å². The van der Waals surface area contributed by atoms with E-state index in [1.54, 1.807) is 0 Å². The standard InChI is InChI=1S/C28H31ClN2O3Si/c1-27(2,3)33-26(32)31-24-19-20(17-18-23(24)25(29)30-31)34-35(28(4,5)6,21-13-9-7-10-14-21)22-15-11-8-12-16-22/h7-19H,1-6H3. The maximum Gasteiger partial charge on any atom is 0.435 e. The SMILES string of the molecule is CC(C)(C)OC(=O)n1nc(Cl)c2ccc(O[Si](c3ccccc3)(c3ccccc3)C(C)(C)C)cc21. The Labute approximate surface area is 212 Å². The monoisotopic (exact) mass is 506 g/mol. The lowest BCUT2D eigenvalue weighted by Gasteiger charge is -2.43. The molecule has 0 radical (unpaired) electrons. The average molecular weight is 507 g/mol. The van der Waals surface area contributed by atoms with Gasteiger partial charge in [0, 0.05) is 11.5 Å². The van der Waals surface area contributed by atoms with E-state index in [4.69, 9.17) is 20.8 Å². The first-order valence-electron chi connectivity index (χ1n) is 11.6. The molecule has 0 fully saturated rings. The highest BCUT2D eigenvalue weighted by molar-refractivity contribution is 7.00. The first kappa shape index (κ1) is 25.0. The van der Waals surface area contributed by atoms with Gasteiger partial charge in [-0.1, -0.05) is 93.0 Å². The molecule has 35 heavy (non-hydrogen) atoms. The summed E-state index contributed by atoms with van der Waals surface area (Å²) < 4.78 is 13.9. The van der Waals surface area contributed by atoms with Crippen LogP contribution in [0, 0.1) is 0 Å². The molecule has 0 unspecified atom stereocenters. The number of carbonyl (C=O) groups is 1. The number of rotatable bonds is 4. The van der Waals surface area contributed by atoms with Crippen LogP contribution in [0.4, 0.5) is 4.79 Å². The Morgan fingerprint density at radius 3 is 1.89 bits per heavy atom. The zero-order valence-corrected chi connectivity index (χ0v) is 22.8. The van der Waals surface area contributed by atoms with Gasteiger partial charge < -0.3 is 9.16 Å². The van der Waals surface area contributed by atoms with Crippen LogP contribution in [0.15, 0.2) is 78.9 Å². The van der Waals surface area contributed by atoms with Crippen molar-refractivity contribution in [2.45, 2.75) is 52.2 Å². The third kappa shape index (κ3) is 4.86. The fourth-order valence-electron chi connectivity index (χ4n) is 4.39. The van der Waals surface area contributed by atoms with E-state index in [0.29, 0.717) is 16.7 Å².